The fourth-order valence-electron chi connectivity index (χ4n) is 1.49. The molecule has 0 spiro atoms. The molecular formula is C13H8BrF4NO. The fourth-order valence-corrected chi connectivity index (χ4v) is 1.95. The molecule has 0 fully saturated rings. The predicted octanol–water partition coefficient (Wildman–Crippen LogP) is 4.98. The second kappa shape index (κ2) is 5.32. The molecule has 2 aromatic carbocycles. The van der Waals surface area contributed by atoms with Gasteiger partial charge in [-0.05, 0) is 46.3 Å². The topological polar surface area (TPSA) is 35.2 Å². The number of ether oxygens (including phenoxy) is 1. The third-order valence-corrected chi connectivity index (χ3v) is 3.07. The maximum Gasteiger partial charge on any atom is 0.416 e. The molecule has 20 heavy (non-hydrogen) atoms. The molecule has 2 N–H and O–H groups in total. The van der Waals surface area contributed by atoms with Gasteiger partial charge in [0.1, 0.15) is 11.6 Å². The Kier molecular flexibility index (Phi) is 3.89. The van der Waals surface area contributed by atoms with Crippen molar-refractivity contribution < 1.29 is 22.3 Å². The van der Waals surface area contributed by atoms with Crippen molar-refractivity contribution >= 4 is 21.6 Å². The zero-order valence-electron chi connectivity index (χ0n) is 9.84. The molecule has 0 atom stereocenters. The SMILES string of the molecule is Nc1cc(F)ccc1Oc1ccc(C(F)(F)F)cc1Br. The summed E-state index contributed by atoms with van der Waals surface area (Å²) in [5, 5.41) is 0. The normalized spacial score (nSPS) is 11.4. The van der Waals surface area contributed by atoms with Crippen LogP contribution in [0, 0.1) is 5.82 Å². The van der Waals surface area contributed by atoms with Crippen molar-refractivity contribution in [1.29, 1.82) is 0 Å². The molecule has 7 heteroatoms. The van der Waals surface area contributed by atoms with Crippen LogP contribution in [0.3, 0.4) is 0 Å². The number of alkyl halides is 3. The van der Waals surface area contributed by atoms with E-state index < -0.39 is 17.6 Å². The Hall–Kier alpha value is -1.76. The predicted molar refractivity (Wildman–Crippen MR) is 70.0 cm³/mol. The average molecular weight is 350 g/mol. The van der Waals surface area contributed by atoms with Crippen LogP contribution in [0.5, 0.6) is 11.5 Å². The lowest BCUT2D eigenvalue weighted by Crippen LogP contribution is -2.04. The zero-order valence-corrected chi connectivity index (χ0v) is 11.4. The standard InChI is InChI=1S/C13H8BrF4NO/c14-9-5-7(13(16,17)18)1-3-11(9)20-12-4-2-8(15)6-10(12)19/h1-6H,19H2. The van der Waals surface area contributed by atoms with Crippen LogP contribution in [0.4, 0.5) is 23.2 Å². The van der Waals surface area contributed by atoms with E-state index in [4.69, 9.17) is 10.5 Å². The summed E-state index contributed by atoms with van der Waals surface area (Å²) in [5.74, 6) is -0.218. The molecule has 0 radical (unpaired) electrons. The van der Waals surface area contributed by atoms with Gasteiger partial charge in [-0.25, -0.2) is 4.39 Å². The summed E-state index contributed by atoms with van der Waals surface area (Å²) in [5.41, 5.74) is 4.81. The molecule has 0 aliphatic heterocycles. The lowest BCUT2D eigenvalue weighted by molar-refractivity contribution is -0.137. The molecule has 0 aliphatic rings. The van der Waals surface area contributed by atoms with Crippen LogP contribution in [-0.4, -0.2) is 0 Å². The minimum Gasteiger partial charge on any atom is -0.454 e. The van der Waals surface area contributed by atoms with E-state index in [-0.39, 0.29) is 21.7 Å². The van der Waals surface area contributed by atoms with E-state index in [9.17, 15) is 17.6 Å². The average Bonchev–Trinajstić information content (AvgIpc) is 2.33. The number of nitrogens with two attached hydrogens (primary N) is 1. The van der Waals surface area contributed by atoms with Crippen LogP contribution in [0.15, 0.2) is 40.9 Å². The summed E-state index contributed by atoms with van der Waals surface area (Å²) < 4.78 is 55.9. The molecule has 2 nitrogen and oxygen atoms in total. The minimum atomic E-state index is -4.43. The van der Waals surface area contributed by atoms with Crippen LogP contribution in [0.1, 0.15) is 5.56 Å². The summed E-state index contributed by atoms with van der Waals surface area (Å²) in [6.07, 6.45) is -4.43. The molecule has 0 heterocycles. The van der Waals surface area contributed by atoms with Gasteiger partial charge in [0.15, 0.2) is 5.75 Å². The summed E-state index contributed by atoms with van der Waals surface area (Å²) in [6.45, 7) is 0. The van der Waals surface area contributed by atoms with Crippen molar-refractivity contribution in [3.05, 3.63) is 52.3 Å². The molecule has 0 saturated carbocycles. The third kappa shape index (κ3) is 3.22. The number of benzene rings is 2. The Morgan fingerprint density at radius 2 is 1.65 bits per heavy atom. The number of halogens is 5. The number of nitrogen functional groups attached to an aromatic ring is 1. The van der Waals surface area contributed by atoms with Crippen LogP contribution < -0.4 is 10.5 Å². The third-order valence-electron chi connectivity index (χ3n) is 2.45. The van der Waals surface area contributed by atoms with E-state index in [0.717, 1.165) is 30.3 Å². The van der Waals surface area contributed by atoms with E-state index in [1.807, 2.05) is 0 Å². The van der Waals surface area contributed by atoms with E-state index in [0.29, 0.717) is 0 Å². The zero-order chi connectivity index (χ0) is 14.9. The summed E-state index contributed by atoms with van der Waals surface area (Å²) in [6, 6.07) is 6.45. The van der Waals surface area contributed by atoms with Crippen LogP contribution in [-0.2, 0) is 6.18 Å². The molecule has 0 aliphatic carbocycles. The highest BCUT2D eigenvalue weighted by molar-refractivity contribution is 9.10. The van der Waals surface area contributed by atoms with Crippen LogP contribution in [0.25, 0.3) is 0 Å². The Labute approximate surface area is 120 Å². The first-order valence-corrected chi connectivity index (χ1v) is 6.16. The maximum atomic E-state index is 12.9. The van der Waals surface area contributed by atoms with Gasteiger partial charge in [-0.3, -0.25) is 0 Å². The highest BCUT2D eigenvalue weighted by Gasteiger charge is 2.31. The van der Waals surface area contributed by atoms with Crippen LogP contribution in [0.2, 0.25) is 0 Å². The first-order chi connectivity index (χ1) is 9.27. The summed E-state index contributed by atoms with van der Waals surface area (Å²) in [4.78, 5) is 0. The Bertz CT molecular complexity index is 643. The van der Waals surface area contributed by atoms with E-state index in [1.54, 1.807) is 0 Å². The Balaban J connectivity index is 2.30. The minimum absolute atomic E-state index is 0.0526. The van der Waals surface area contributed by atoms with Gasteiger partial charge >= 0.3 is 6.18 Å². The monoisotopic (exact) mass is 349 g/mol. The van der Waals surface area contributed by atoms with Gasteiger partial charge in [-0.2, -0.15) is 13.2 Å². The van der Waals surface area contributed by atoms with E-state index in [2.05, 4.69) is 15.9 Å². The molecular weight excluding hydrogens is 342 g/mol. The first kappa shape index (κ1) is 14.6. The molecule has 0 aromatic heterocycles. The Morgan fingerprint density at radius 3 is 2.20 bits per heavy atom. The molecule has 0 amide bonds. The number of hydrogen-bond donors (Lipinski definition) is 1. The second-order valence-corrected chi connectivity index (χ2v) is 4.78. The van der Waals surface area contributed by atoms with Crippen molar-refractivity contribution in [3.63, 3.8) is 0 Å². The number of hydrogen-bond acceptors (Lipinski definition) is 2. The largest absolute Gasteiger partial charge is 0.454 e. The van der Waals surface area contributed by atoms with Gasteiger partial charge in [-0.1, -0.05) is 0 Å². The highest BCUT2D eigenvalue weighted by atomic mass is 79.9. The first-order valence-electron chi connectivity index (χ1n) is 5.37. The van der Waals surface area contributed by atoms with Gasteiger partial charge in [0, 0.05) is 6.07 Å². The molecule has 2 rings (SSSR count). The second-order valence-electron chi connectivity index (χ2n) is 3.93. The molecule has 0 saturated heterocycles. The summed E-state index contributed by atoms with van der Waals surface area (Å²) in [7, 11) is 0. The van der Waals surface area contributed by atoms with E-state index >= 15 is 0 Å². The van der Waals surface area contributed by atoms with Crippen molar-refractivity contribution in [2.45, 2.75) is 6.18 Å². The van der Waals surface area contributed by atoms with Gasteiger partial charge in [0.05, 0.1) is 15.7 Å². The van der Waals surface area contributed by atoms with Gasteiger partial charge in [0.2, 0.25) is 0 Å². The molecule has 2 aromatic rings. The summed E-state index contributed by atoms with van der Waals surface area (Å²) >= 11 is 3.00. The van der Waals surface area contributed by atoms with Gasteiger partial charge in [-0.15, -0.1) is 0 Å². The molecule has 0 bridgehead atoms. The fraction of sp³-hybridized carbons (Fsp3) is 0.0769. The van der Waals surface area contributed by atoms with Crippen molar-refractivity contribution in [2.75, 3.05) is 5.73 Å². The quantitative estimate of drug-likeness (QED) is 0.612. The smallest absolute Gasteiger partial charge is 0.416 e. The molecule has 0 unspecified atom stereocenters. The number of anilines is 1. The maximum absolute atomic E-state index is 12.9. The highest BCUT2D eigenvalue weighted by Crippen LogP contribution is 2.37. The Morgan fingerprint density at radius 1 is 1.00 bits per heavy atom. The lowest BCUT2D eigenvalue weighted by Gasteiger charge is -2.12. The van der Waals surface area contributed by atoms with Gasteiger partial charge < -0.3 is 10.5 Å². The lowest BCUT2D eigenvalue weighted by atomic mass is 10.2. The van der Waals surface area contributed by atoms with Crippen molar-refractivity contribution in [3.8, 4) is 11.5 Å². The van der Waals surface area contributed by atoms with E-state index in [1.165, 1.54) is 6.07 Å². The van der Waals surface area contributed by atoms with Crippen molar-refractivity contribution in [2.24, 2.45) is 0 Å². The van der Waals surface area contributed by atoms with Crippen LogP contribution >= 0.6 is 15.9 Å². The van der Waals surface area contributed by atoms with Crippen molar-refractivity contribution in [1.82, 2.24) is 0 Å². The number of rotatable bonds is 2. The van der Waals surface area contributed by atoms with Gasteiger partial charge in [0.25, 0.3) is 0 Å². The molecule has 106 valence electrons.